The predicted octanol–water partition coefficient (Wildman–Crippen LogP) is 1.18. The third-order valence-corrected chi connectivity index (χ3v) is 3.23. The Morgan fingerprint density at radius 3 is 2.77 bits per heavy atom. The van der Waals surface area contributed by atoms with Crippen LogP contribution < -0.4 is 0 Å². The topological polar surface area (TPSA) is 55.8 Å². The summed E-state index contributed by atoms with van der Waals surface area (Å²) in [4.78, 5) is 0. The fourth-order valence-electron chi connectivity index (χ4n) is 1.66. The molecule has 1 N–H and O–H groups in total. The molecule has 0 bridgehead atoms. The molecule has 1 fully saturated rings. The summed E-state index contributed by atoms with van der Waals surface area (Å²) in [6.45, 7) is 0. The zero-order valence-corrected chi connectivity index (χ0v) is 7.83. The predicted molar refractivity (Wildman–Crippen MR) is 46.8 cm³/mol. The van der Waals surface area contributed by atoms with E-state index in [1.54, 1.807) is 0 Å². The molecule has 0 aromatic carbocycles. The molecule has 0 aromatic rings. The molecule has 13 heavy (non-hydrogen) atoms. The summed E-state index contributed by atoms with van der Waals surface area (Å²) in [5.74, 6) is 0. The van der Waals surface area contributed by atoms with Gasteiger partial charge in [-0.2, -0.15) is 4.21 Å². The van der Waals surface area contributed by atoms with Gasteiger partial charge in [0.2, 0.25) is 5.25 Å². The second-order valence-corrected chi connectivity index (χ2v) is 4.23. The van der Waals surface area contributed by atoms with Crippen molar-refractivity contribution in [2.75, 3.05) is 0 Å². The van der Waals surface area contributed by atoms with E-state index in [1.165, 1.54) is 12.5 Å². The van der Waals surface area contributed by atoms with Gasteiger partial charge in [0.15, 0.2) is 6.10 Å². The average Bonchev–Trinajstić information content (AvgIpc) is 2.17. The number of hydrogen-bond acceptors (Lipinski definition) is 3. The molecular weight excluding hydrogens is 192 g/mol. The summed E-state index contributed by atoms with van der Waals surface area (Å²) in [6, 6.07) is 0. The Bertz CT molecular complexity index is 240. The van der Waals surface area contributed by atoms with Crippen LogP contribution >= 0.6 is 0 Å². The lowest BCUT2D eigenvalue weighted by Crippen LogP contribution is -2.38. The first-order valence-electron chi connectivity index (χ1n) is 4.19. The molecule has 5 heteroatoms. The summed E-state index contributed by atoms with van der Waals surface area (Å²) in [6.07, 6.45) is 4.94. The van der Waals surface area contributed by atoms with Crippen molar-refractivity contribution in [2.24, 2.45) is 0 Å². The van der Waals surface area contributed by atoms with E-state index in [1.807, 2.05) is 0 Å². The SMILES string of the molecule is O=S(O)[C+]1CCC2OC=COC2C1. The Labute approximate surface area is 79.2 Å². The van der Waals surface area contributed by atoms with E-state index in [0.29, 0.717) is 18.1 Å². The van der Waals surface area contributed by atoms with Crippen LogP contribution in [-0.2, 0) is 20.6 Å². The number of ether oxygens (including phenoxy) is 2. The third-order valence-electron chi connectivity index (χ3n) is 2.36. The maximum atomic E-state index is 10.8. The Morgan fingerprint density at radius 1 is 1.38 bits per heavy atom. The second-order valence-electron chi connectivity index (χ2n) is 3.15. The maximum absolute atomic E-state index is 10.8. The highest BCUT2D eigenvalue weighted by Gasteiger charge is 2.44. The van der Waals surface area contributed by atoms with E-state index >= 15 is 0 Å². The van der Waals surface area contributed by atoms with E-state index in [2.05, 4.69) is 0 Å². The van der Waals surface area contributed by atoms with Crippen LogP contribution in [0.15, 0.2) is 12.5 Å². The molecular formula is C8H11O4S+. The van der Waals surface area contributed by atoms with Crippen molar-refractivity contribution in [3.63, 3.8) is 0 Å². The number of fused-ring (bicyclic) bond motifs is 1. The molecule has 0 aromatic heterocycles. The molecule has 2 aliphatic rings. The minimum Gasteiger partial charge on any atom is -0.491 e. The standard InChI is InChI=1S/C8H10O4S/c9-13(10)6-1-2-7-8(5-6)12-4-3-11-7/h3-4,7-8H,1-2,5H2/p+1. The van der Waals surface area contributed by atoms with Gasteiger partial charge in [-0.15, -0.1) is 0 Å². The third kappa shape index (κ3) is 1.81. The van der Waals surface area contributed by atoms with E-state index in [0.717, 1.165) is 6.42 Å². The summed E-state index contributed by atoms with van der Waals surface area (Å²) in [7, 11) is 0. The molecule has 0 spiro atoms. The van der Waals surface area contributed by atoms with Crippen LogP contribution in [-0.4, -0.2) is 21.0 Å². The highest BCUT2D eigenvalue weighted by Crippen LogP contribution is 2.33. The van der Waals surface area contributed by atoms with Crippen LogP contribution in [0, 0.1) is 5.25 Å². The maximum Gasteiger partial charge on any atom is 0.346 e. The summed E-state index contributed by atoms with van der Waals surface area (Å²) < 4.78 is 30.3. The summed E-state index contributed by atoms with van der Waals surface area (Å²) >= 11 is -1.81. The van der Waals surface area contributed by atoms with Crippen LogP contribution in [0.5, 0.6) is 0 Å². The second kappa shape index (κ2) is 3.59. The molecule has 1 saturated carbocycles. The van der Waals surface area contributed by atoms with Gasteiger partial charge in [-0.3, -0.25) is 4.55 Å². The quantitative estimate of drug-likeness (QED) is 0.513. The van der Waals surface area contributed by atoms with E-state index in [9.17, 15) is 4.21 Å². The lowest BCUT2D eigenvalue weighted by atomic mass is 9.94. The highest BCUT2D eigenvalue weighted by atomic mass is 32.2. The lowest BCUT2D eigenvalue weighted by Gasteiger charge is -2.30. The van der Waals surface area contributed by atoms with E-state index in [-0.39, 0.29) is 12.2 Å². The molecule has 0 amide bonds. The van der Waals surface area contributed by atoms with Crippen molar-refractivity contribution in [3.05, 3.63) is 17.8 Å². The first kappa shape index (κ1) is 8.90. The van der Waals surface area contributed by atoms with Gasteiger partial charge < -0.3 is 9.47 Å². The van der Waals surface area contributed by atoms with Gasteiger partial charge in [0, 0.05) is 6.42 Å². The van der Waals surface area contributed by atoms with Crippen LogP contribution in [0.1, 0.15) is 19.3 Å². The Hall–Kier alpha value is -0.680. The molecule has 1 aliphatic carbocycles. The zero-order chi connectivity index (χ0) is 9.26. The smallest absolute Gasteiger partial charge is 0.346 e. The first-order chi connectivity index (χ1) is 6.27. The van der Waals surface area contributed by atoms with Crippen LogP contribution in [0.25, 0.3) is 0 Å². The summed E-state index contributed by atoms with van der Waals surface area (Å²) in [5, 5.41) is 0.653. The number of rotatable bonds is 1. The van der Waals surface area contributed by atoms with Gasteiger partial charge in [0.05, 0.1) is 0 Å². The molecule has 3 atom stereocenters. The fraction of sp³-hybridized carbons (Fsp3) is 0.625. The molecule has 72 valence electrons. The van der Waals surface area contributed by atoms with Gasteiger partial charge in [0.25, 0.3) is 0 Å². The molecule has 3 unspecified atom stereocenters. The van der Waals surface area contributed by atoms with Gasteiger partial charge in [0.1, 0.15) is 31.5 Å². The van der Waals surface area contributed by atoms with Crippen molar-refractivity contribution in [2.45, 2.75) is 31.5 Å². The van der Waals surface area contributed by atoms with Crippen molar-refractivity contribution in [1.29, 1.82) is 0 Å². The van der Waals surface area contributed by atoms with Crippen LogP contribution in [0.4, 0.5) is 0 Å². The van der Waals surface area contributed by atoms with Crippen molar-refractivity contribution in [3.8, 4) is 0 Å². The van der Waals surface area contributed by atoms with E-state index in [4.69, 9.17) is 14.0 Å². The minimum atomic E-state index is -1.81. The largest absolute Gasteiger partial charge is 0.491 e. The zero-order valence-electron chi connectivity index (χ0n) is 7.01. The van der Waals surface area contributed by atoms with Crippen LogP contribution in [0.3, 0.4) is 0 Å². The van der Waals surface area contributed by atoms with Crippen molar-refractivity contribution >= 4 is 11.1 Å². The Kier molecular flexibility index (Phi) is 2.46. The van der Waals surface area contributed by atoms with Crippen molar-refractivity contribution in [1.82, 2.24) is 0 Å². The molecule has 2 rings (SSSR count). The minimum absolute atomic E-state index is 0.0531. The highest BCUT2D eigenvalue weighted by molar-refractivity contribution is 7.82. The summed E-state index contributed by atoms with van der Waals surface area (Å²) in [5.41, 5.74) is 0. The molecule has 1 heterocycles. The van der Waals surface area contributed by atoms with Crippen LogP contribution in [0.2, 0.25) is 0 Å². The number of hydrogen-bond donors (Lipinski definition) is 1. The molecule has 0 radical (unpaired) electrons. The first-order valence-corrected chi connectivity index (χ1v) is 5.29. The van der Waals surface area contributed by atoms with Gasteiger partial charge >= 0.3 is 11.1 Å². The normalized spacial score (nSPS) is 34.4. The van der Waals surface area contributed by atoms with Gasteiger partial charge in [-0.25, -0.2) is 0 Å². The van der Waals surface area contributed by atoms with Gasteiger partial charge in [-0.05, 0) is 0 Å². The molecule has 4 nitrogen and oxygen atoms in total. The molecule has 1 aliphatic heterocycles. The lowest BCUT2D eigenvalue weighted by molar-refractivity contribution is -0.0468. The van der Waals surface area contributed by atoms with E-state index < -0.39 is 11.1 Å². The van der Waals surface area contributed by atoms with Crippen molar-refractivity contribution < 1.29 is 18.2 Å². The van der Waals surface area contributed by atoms with Gasteiger partial charge in [-0.1, -0.05) is 0 Å². The average molecular weight is 203 g/mol. The Morgan fingerprint density at radius 2 is 2.08 bits per heavy atom. The fourth-order valence-corrected chi connectivity index (χ4v) is 2.26. The Balaban J connectivity index is 1.99. The molecule has 0 saturated heterocycles. The monoisotopic (exact) mass is 203 g/mol.